The van der Waals surface area contributed by atoms with Crippen molar-refractivity contribution in [3.63, 3.8) is 0 Å². The summed E-state index contributed by atoms with van der Waals surface area (Å²) >= 11 is 3.33. The van der Waals surface area contributed by atoms with Crippen LogP contribution in [0, 0.1) is 6.92 Å². The number of carbonyl (C=O) groups excluding carboxylic acids is 1. The van der Waals surface area contributed by atoms with E-state index in [1.807, 2.05) is 91.9 Å². The first-order valence-electron chi connectivity index (χ1n) is 17.2. The number of aliphatic hydroxyl groups is 1. The number of thioether (sulfide) groups is 1. The summed E-state index contributed by atoms with van der Waals surface area (Å²) in [4.78, 5) is 18.6. The van der Waals surface area contributed by atoms with Crippen LogP contribution < -0.4 is 10.0 Å². The minimum atomic E-state index is -3.98. The maximum absolute atomic E-state index is 13.7. The van der Waals surface area contributed by atoms with Gasteiger partial charge in [0, 0.05) is 23.4 Å². The Morgan fingerprint density at radius 1 is 0.868 bits per heavy atom. The predicted molar refractivity (Wildman–Crippen MR) is 209 cm³/mol. The zero-order chi connectivity index (χ0) is 36.8. The molecule has 4 atom stereocenters. The lowest BCUT2D eigenvalue weighted by Gasteiger charge is -2.36. The smallest absolute Gasteiger partial charge is 0.242 e. The van der Waals surface area contributed by atoms with Crippen molar-refractivity contribution >= 4 is 54.9 Å². The summed E-state index contributed by atoms with van der Waals surface area (Å²) < 4.78 is 44.5. The molecule has 1 saturated heterocycles. The summed E-state index contributed by atoms with van der Waals surface area (Å²) in [6.07, 6.45) is -0.266. The highest BCUT2D eigenvalue weighted by Gasteiger charge is 2.33. The quantitative estimate of drug-likeness (QED) is 0.101. The Balaban J connectivity index is 1.07. The molecule has 1 amide bonds. The highest BCUT2D eigenvalue weighted by molar-refractivity contribution is 8.01. The number of aliphatic hydroxyl groups excluding tert-OH is 1. The number of nitrogens with one attached hydrogen (secondary N) is 2. The molecule has 9 nitrogen and oxygen atoms in total. The van der Waals surface area contributed by atoms with E-state index < -0.39 is 28.3 Å². The molecular weight excluding hydrogens is 727 g/mol. The van der Waals surface area contributed by atoms with E-state index in [1.165, 1.54) is 12.1 Å². The molecule has 2 heterocycles. The summed E-state index contributed by atoms with van der Waals surface area (Å²) in [5.74, 6) is 0.196. The molecule has 1 fully saturated rings. The van der Waals surface area contributed by atoms with E-state index in [0.717, 1.165) is 42.4 Å². The molecule has 0 saturated carbocycles. The normalized spacial score (nSPS) is 18.1. The molecule has 0 unspecified atom stereocenters. The van der Waals surface area contributed by atoms with Crippen molar-refractivity contribution in [3.05, 3.63) is 155 Å². The van der Waals surface area contributed by atoms with Gasteiger partial charge < -0.3 is 19.9 Å². The van der Waals surface area contributed by atoms with Gasteiger partial charge in [0.05, 0.1) is 33.9 Å². The van der Waals surface area contributed by atoms with Crippen molar-refractivity contribution in [1.82, 2.24) is 9.71 Å². The molecule has 0 spiro atoms. The molecule has 7 rings (SSSR count). The molecule has 6 aromatic rings. The molecule has 5 aromatic carbocycles. The van der Waals surface area contributed by atoms with E-state index in [-0.39, 0.29) is 30.1 Å². The van der Waals surface area contributed by atoms with Crippen LogP contribution in [0.2, 0.25) is 0 Å². The SMILES string of the molecule is Cc1ccc(S(=O)(=O)N[C@H](Cc2ccccc2)C(=O)Nc2ccc([C@H]3O[C@@H](CSc4nc5ccccc5s4)C[C@@H](c4ccc(CO)cc4)O3)cc2)cc1. The average Bonchev–Trinajstić information content (AvgIpc) is 3.61. The largest absolute Gasteiger partial charge is 0.392 e. The zero-order valence-corrected chi connectivity index (χ0v) is 31.4. The minimum Gasteiger partial charge on any atom is -0.392 e. The van der Waals surface area contributed by atoms with Crippen LogP contribution in [-0.2, 0) is 37.3 Å². The number of anilines is 1. The Bertz CT molecular complexity index is 2210. The number of thiazole rings is 1. The van der Waals surface area contributed by atoms with Crippen LogP contribution in [-0.4, -0.2) is 42.3 Å². The van der Waals surface area contributed by atoms with Gasteiger partial charge in [-0.05, 0) is 66.4 Å². The number of aryl methyl sites for hydroxylation is 1. The van der Waals surface area contributed by atoms with Crippen molar-refractivity contribution in [3.8, 4) is 0 Å². The van der Waals surface area contributed by atoms with Crippen molar-refractivity contribution in [2.75, 3.05) is 11.1 Å². The fourth-order valence-electron chi connectivity index (χ4n) is 6.06. The molecule has 0 radical (unpaired) electrons. The molecule has 272 valence electrons. The molecular formula is C41H39N3O6S3. The number of fused-ring (bicyclic) bond motifs is 1. The van der Waals surface area contributed by atoms with Gasteiger partial charge >= 0.3 is 0 Å². The lowest BCUT2D eigenvalue weighted by molar-refractivity contribution is -0.245. The number of ether oxygens (including phenoxy) is 2. The standard InChI is InChI=1S/C41H39N3O6S3/c1-27-11-21-34(22-12-27)53(47,48)44-36(23-28-7-3-2-4-8-28)39(46)42-32-19-17-31(18-20-32)40-49-33(24-37(50-40)30-15-13-29(25-45)14-16-30)26-51-41-43-35-9-5-6-10-38(35)52-41/h2-22,33,36-37,40,44-45H,23-26H2,1H3,(H,42,46)/t33-,36-,37+,40+/m1/s1. The van der Waals surface area contributed by atoms with Crippen LogP contribution in [0.1, 0.15) is 46.6 Å². The second-order valence-corrected chi connectivity index (χ2v) is 16.9. The number of hydrogen-bond acceptors (Lipinski definition) is 9. The fraction of sp³-hybridized carbons (Fsp3) is 0.220. The van der Waals surface area contributed by atoms with Gasteiger partial charge in [0.15, 0.2) is 10.6 Å². The van der Waals surface area contributed by atoms with Gasteiger partial charge in [-0.25, -0.2) is 13.4 Å². The number of amides is 1. The summed E-state index contributed by atoms with van der Waals surface area (Å²) in [7, 11) is -3.98. The number of benzene rings is 5. The topological polar surface area (TPSA) is 127 Å². The molecule has 3 N–H and O–H groups in total. The van der Waals surface area contributed by atoms with Gasteiger partial charge in [-0.2, -0.15) is 4.72 Å². The lowest BCUT2D eigenvalue weighted by Crippen LogP contribution is -2.45. The van der Waals surface area contributed by atoms with E-state index in [2.05, 4.69) is 16.1 Å². The van der Waals surface area contributed by atoms with Crippen LogP contribution in [0.25, 0.3) is 10.2 Å². The van der Waals surface area contributed by atoms with Gasteiger partial charge in [-0.15, -0.1) is 11.3 Å². The van der Waals surface area contributed by atoms with Crippen LogP contribution in [0.3, 0.4) is 0 Å². The Kier molecular flexibility index (Phi) is 11.7. The summed E-state index contributed by atoms with van der Waals surface area (Å²) in [6.45, 7) is 1.85. The highest BCUT2D eigenvalue weighted by Crippen LogP contribution is 2.40. The lowest BCUT2D eigenvalue weighted by atomic mass is 10.0. The maximum atomic E-state index is 13.7. The van der Waals surface area contributed by atoms with Crippen molar-refractivity contribution in [2.24, 2.45) is 0 Å². The second kappa shape index (κ2) is 16.7. The van der Waals surface area contributed by atoms with Crippen LogP contribution in [0.15, 0.2) is 137 Å². The minimum absolute atomic E-state index is 0.0342. The fourth-order valence-corrected chi connectivity index (χ4v) is 9.37. The van der Waals surface area contributed by atoms with E-state index >= 15 is 0 Å². The number of nitrogens with zero attached hydrogens (tertiary/aromatic N) is 1. The Hall–Kier alpha value is -4.40. The number of hydrogen-bond donors (Lipinski definition) is 3. The third kappa shape index (κ3) is 9.40. The molecule has 0 aliphatic carbocycles. The molecule has 53 heavy (non-hydrogen) atoms. The van der Waals surface area contributed by atoms with E-state index in [4.69, 9.17) is 14.5 Å². The van der Waals surface area contributed by atoms with Crippen molar-refractivity contribution in [1.29, 1.82) is 0 Å². The Labute approximate surface area is 317 Å². The average molecular weight is 766 g/mol. The Morgan fingerprint density at radius 2 is 1.57 bits per heavy atom. The van der Waals surface area contributed by atoms with Gasteiger partial charge in [0.2, 0.25) is 15.9 Å². The van der Waals surface area contributed by atoms with Crippen molar-refractivity contribution in [2.45, 2.75) is 60.1 Å². The molecule has 1 aliphatic heterocycles. The van der Waals surface area contributed by atoms with Gasteiger partial charge in [-0.1, -0.05) is 108 Å². The molecule has 1 aromatic heterocycles. The van der Waals surface area contributed by atoms with Crippen molar-refractivity contribution < 1.29 is 27.8 Å². The predicted octanol–water partition coefficient (Wildman–Crippen LogP) is 7.96. The molecule has 0 bridgehead atoms. The highest BCUT2D eigenvalue weighted by atomic mass is 32.2. The third-order valence-corrected chi connectivity index (χ3v) is 12.8. The summed E-state index contributed by atoms with van der Waals surface area (Å²) in [6, 6.07) is 37.8. The van der Waals surface area contributed by atoms with E-state index in [9.17, 15) is 18.3 Å². The first kappa shape index (κ1) is 36.9. The molecule has 1 aliphatic rings. The number of carbonyl (C=O) groups is 1. The van der Waals surface area contributed by atoms with Crippen LogP contribution in [0.5, 0.6) is 0 Å². The number of rotatable bonds is 13. The van der Waals surface area contributed by atoms with E-state index in [0.29, 0.717) is 17.9 Å². The van der Waals surface area contributed by atoms with Crippen LogP contribution >= 0.6 is 23.1 Å². The first-order chi connectivity index (χ1) is 25.7. The number of aromatic nitrogens is 1. The van der Waals surface area contributed by atoms with E-state index in [1.54, 1.807) is 47.4 Å². The Morgan fingerprint density at radius 3 is 2.28 bits per heavy atom. The number of sulfonamides is 1. The van der Waals surface area contributed by atoms with Gasteiger partial charge in [0.1, 0.15) is 6.04 Å². The zero-order valence-electron chi connectivity index (χ0n) is 28.9. The maximum Gasteiger partial charge on any atom is 0.242 e. The summed E-state index contributed by atoms with van der Waals surface area (Å²) in [5.41, 5.74) is 5.82. The number of para-hydroxylation sites is 1. The van der Waals surface area contributed by atoms with Gasteiger partial charge in [0.25, 0.3) is 0 Å². The monoisotopic (exact) mass is 765 g/mol. The van der Waals surface area contributed by atoms with Crippen LogP contribution in [0.4, 0.5) is 5.69 Å². The molecule has 12 heteroatoms. The van der Waals surface area contributed by atoms with Gasteiger partial charge in [-0.3, -0.25) is 4.79 Å². The second-order valence-electron chi connectivity index (χ2n) is 12.9. The third-order valence-electron chi connectivity index (χ3n) is 8.96. The summed E-state index contributed by atoms with van der Waals surface area (Å²) in [5, 5.41) is 12.5. The first-order valence-corrected chi connectivity index (χ1v) is 20.5.